The van der Waals surface area contributed by atoms with Gasteiger partial charge >= 0.3 is 5.97 Å². The van der Waals surface area contributed by atoms with E-state index in [-0.39, 0.29) is 18.1 Å². The molecule has 0 unspecified atom stereocenters. The Kier molecular flexibility index (Phi) is 5.15. The molecule has 1 aliphatic rings. The number of fused-ring (bicyclic) bond motifs is 1. The molecule has 0 spiro atoms. The van der Waals surface area contributed by atoms with Crippen LogP contribution in [0.15, 0.2) is 41.0 Å². The first-order chi connectivity index (χ1) is 10.7. The van der Waals surface area contributed by atoms with Crippen LogP contribution >= 0.6 is 0 Å². The highest BCUT2D eigenvalue weighted by Gasteiger charge is 2.17. The maximum Gasteiger partial charge on any atom is 0.350 e. The number of nitrogens with two attached hydrogens (primary N) is 1. The number of hydrogen-bond donors (Lipinski definition) is 1. The minimum absolute atomic E-state index is 0.165. The lowest BCUT2D eigenvalue weighted by Gasteiger charge is -2.29. The molecule has 0 bridgehead atoms. The summed E-state index contributed by atoms with van der Waals surface area (Å²) >= 11 is 0. The fourth-order valence-electron chi connectivity index (χ4n) is 2.24. The number of esters is 1. The number of guanidine groups is 1. The summed E-state index contributed by atoms with van der Waals surface area (Å²) in [6.45, 7) is 3.30. The number of aliphatic imine (C=N–C) groups is 1. The van der Waals surface area contributed by atoms with Gasteiger partial charge in [0.05, 0.1) is 12.8 Å². The van der Waals surface area contributed by atoms with Gasteiger partial charge in [-0.25, -0.2) is 9.79 Å². The molecular weight excluding hydrogens is 280 g/mol. The van der Waals surface area contributed by atoms with Crippen molar-refractivity contribution in [3.05, 3.63) is 47.2 Å². The van der Waals surface area contributed by atoms with Gasteiger partial charge in [-0.3, -0.25) is 0 Å². The minimum Gasteiger partial charge on any atom is -0.462 e. The van der Waals surface area contributed by atoms with E-state index in [4.69, 9.17) is 15.7 Å². The molecule has 0 amide bonds. The standard InChI is InChI=1S/C16H18N4O2/c1-2-22-15(21)14(9-17)10-19-16(18)20-8-7-12-5-3-4-6-13(12)11-20/h3-6,10H,2,7-8,11H2,1H3,(H2,18,19)/b14-10+. The van der Waals surface area contributed by atoms with Crippen LogP contribution in [0.3, 0.4) is 0 Å². The Morgan fingerprint density at radius 2 is 2.23 bits per heavy atom. The van der Waals surface area contributed by atoms with Crippen LogP contribution < -0.4 is 5.73 Å². The Labute approximate surface area is 129 Å². The summed E-state index contributed by atoms with van der Waals surface area (Å²) in [6.07, 6.45) is 2.05. The second-order valence-corrected chi connectivity index (χ2v) is 4.80. The molecule has 0 atom stereocenters. The van der Waals surface area contributed by atoms with Crippen molar-refractivity contribution >= 4 is 11.9 Å². The average molecular weight is 298 g/mol. The summed E-state index contributed by atoms with van der Waals surface area (Å²) in [5, 5.41) is 8.93. The quantitative estimate of drug-likeness (QED) is 0.299. The molecule has 114 valence electrons. The lowest BCUT2D eigenvalue weighted by molar-refractivity contribution is -0.138. The lowest BCUT2D eigenvalue weighted by Crippen LogP contribution is -2.40. The van der Waals surface area contributed by atoms with E-state index in [2.05, 4.69) is 17.1 Å². The first-order valence-corrected chi connectivity index (χ1v) is 7.08. The van der Waals surface area contributed by atoms with E-state index in [1.165, 1.54) is 11.1 Å². The van der Waals surface area contributed by atoms with Crippen LogP contribution in [0.25, 0.3) is 0 Å². The number of ether oxygens (including phenoxy) is 1. The number of benzene rings is 1. The molecule has 1 heterocycles. The molecule has 0 fully saturated rings. The van der Waals surface area contributed by atoms with Crippen molar-refractivity contribution in [1.82, 2.24) is 4.90 Å². The normalized spacial score (nSPS) is 15.0. The molecule has 6 nitrogen and oxygen atoms in total. The molecule has 0 saturated heterocycles. The summed E-state index contributed by atoms with van der Waals surface area (Å²) in [6, 6.07) is 9.94. The zero-order chi connectivity index (χ0) is 15.9. The molecule has 2 N–H and O–H groups in total. The molecule has 22 heavy (non-hydrogen) atoms. The van der Waals surface area contributed by atoms with Crippen LogP contribution in [-0.2, 0) is 22.5 Å². The van der Waals surface area contributed by atoms with Gasteiger partial charge in [0.15, 0.2) is 11.5 Å². The molecular formula is C16H18N4O2. The molecule has 1 aliphatic heterocycles. The number of rotatable bonds is 3. The SMILES string of the molecule is CCOC(=O)/C(C#N)=C/N=C(N)N1CCc2ccccc2C1. The van der Waals surface area contributed by atoms with Gasteiger partial charge in [-0.2, -0.15) is 5.26 Å². The smallest absolute Gasteiger partial charge is 0.350 e. The topological polar surface area (TPSA) is 91.7 Å². The molecule has 2 rings (SSSR count). The fraction of sp³-hybridized carbons (Fsp3) is 0.312. The zero-order valence-corrected chi connectivity index (χ0v) is 12.5. The van der Waals surface area contributed by atoms with Crippen LogP contribution in [0.1, 0.15) is 18.1 Å². The van der Waals surface area contributed by atoms with Crippen molar-refractivity contribution in [2.24, 2.45) is 10.7 Å². The maximum absolute atomic E-state index is 11.5. The van der Waals surface area contributed by atoms with E-state index in [1.807, 2.05) is 17.0 Å². The van der Waals surface area contributed by atoms with E-state index in [9.17, 15) is 4.79 Å². The third kappa shape index (κ3) is 3.64. The third-order valence-electron chi connectivity index (χ3n) is 3.40. The summed E-state index contributed by atoms with van der Waals surface area (Å²) in [7, 11) is 0. The van der Waals surface area contributed by atoms with E-state index in [0.29, 0.717) is 6.54 Å². The van der Waals surface area contributed by atoms with Crippen LogP contribution in [0.2, 0.25) is 0 Å². The second-order valence-electron chi connectivity index (χ2n) is 4.80. The van der Waals surface area contributed by atoms with Crippen molar-refractivity contribution in [3.63, 3.8) is 0 Å². The molecule has 0 saturated carbocycles. The minimum atomic E-state index is -0.689. The van der Waals surface area contributed by atoms with Gasteiger partial charge in [0, 0.05) is 13.1 Å². The Hall–Kier alpha value is -2.81. The highest BCUT2D eigenvalue weighted by atomic mass is 16.5. The van der Waals surface area contributed by atoms with E-state index >= 15 is 0 Å². The molecule has 0 radical (unpaired) electrons. The van der Waals surface area contributed by atoms with Gasteiger partial charge in [-0.15, -0.1) is 0 Å². The van der Waals surface area contributed by atoms with E-state index in [0.717, 1.165) is 19.2 Å². The summed E-state index contributed by atoms with van der Waals surface area (Å²) in [5.41, 5.74) is 8.31. The summed E-state index contributed by atoms with van der Waals surface area (Å²) in [4.78, 5) is 17.4. The Morgan fingerprint density at radius 1 is 1.50 bits per heavy atom. The first kappa shape index (κ1) is 15.6. The van der Waals surface area contributed by atoms with Crippen molar-refractivity contribution in [2.45, 2.75) is 19.9 Å². The molecule has 1 aromatic carbocycles. The maximum atomic E-state index is 11.5. The molecule has 0 aliphatic carbocycles. The predicted octanol–water partition coefficient (Wildman–Crippen LogP) is 1.33. The highest BCUT2D eigenvalue weighted by Crippen LogP contribution is 2.18. The van der Waals surface area contributed by atoms with Crippen LogP contribution in [0.5, 0.6) is 0 Å². The molecule has 1 aromatic rings. The monoisotopic (exact) mass is 298 g/mol. The number of nitrogens with zero attached hydrogens (tertiary/aromatic N) is 3. The van der Waals surface area contributed by atoms with Crippen molar-refractivity contribution in [1.29, 1.82) is 5.26 Å². The fourth-order valence-corrected chi connectivity index (χ4v) is 2.24. The summed E-state index contributed by atoms with van der Waals surface area (Å²) < 4.78 is 4.77. The Bertz CT molecular complexity index is 658. The zero-order valence-electron chi connectivity index (χ0n) is 12.5. The predicted molar refractivity (Wildman–Crippen MR) is 82.5 cm³/mol. The first-order valence-electron chi connectivity index (χ1n) is 7.08. The van der Waals surface area contributed by atoms with E-state index < -0.39 is 5.97 Å². The van der Waals surface area contributed by atoms with Crippen molar-refractivity contribution in [2.75, 3.05) is 13.2 Å². The third-order valence-corrected chi connectivity index (χ3v) is 3.40. The average Bonchev–Trinajstić information content (AvgIpc) is 2.55. The lowest BCUT2D eigenvalue weighted by atomic mass is 10.0. The molecule has 6 heteroatoms. The van der Waals surface area contributed by atoms with Crippen LogP contribution in [0, 0.1) is 11.3 Å². The highest BCUT2D eigenvalue weighted by molar-refractivity contribution is 5.93. The largest absolute Gasteiger partial charge is 0.462 e. The number of carbonyl (C=O) groups excluding carboxylic acids is 1. The van der Waals surface area contributed by atoms with Gasteiger partial charge in [-0.1, -0.05) is 24.3 Å². The van der Waals surface area contributed by atoms with Crippen molar-refractivity contribution < 1.29 is 9.53 Å². The van der Waals surface area contributed by atoms with Crippen LogP contribution in [0.4, 0.5) is 0 Å². The number of carbonyl (C=O) groups is 1. The summed E-state index contributed by atoms with van der Waals surface area (Å²) in [5.74, 6) is -0.405. The van der Waals surface area contributed by atoms with E-state index in [1.54, 1.807) is 13.0 Å². The number of hydrogen-bond acceptors (Lipinski definition) is 4. The Morgan fingerprint density at radius 3 is 2.91 bits per heavy atom. The van der Waals surface area contributed by atoms with Gasteiger partial charge < -0.3 is 15.4 Å². The van der Waals surface area contributed by atoms with Crippen LogP contribution in [-0.4, -0.2) is 30.0 Å². The second kappa shape index (κ2) is 7.27. The van der Waals surface area contributed by atoms with Gasteiger partial charge in [0.25, 0.3) is 0 Å². The van der Waals surface area contributed by atoms with Gasteiger partial charge in [0.1, 0.15) is 6.07 Å². The Balaban J connectivity index is 2.10. The van der Waals surface area contributed by atoms with Gasteiger partial charge in [0.2, 0.25) is 0 Å². The van der Waals surface area contributed by atoms with Gasteiger partial charge in [-0.05, 0) is 24.5 Å². The molecule has 0 aromatic heterocycles. The van der Waals surface area contributed by atoms with Crippen molar-refractivity contribution in [3.8, 4) is 6.07 Å². The number of nitriles is 1.